The molecule has 3 aromatic rings. The number of benzene rings is 1. The lowest BCUT2D eigenvalue weighted by molar-refractivity contribution is 0.266. The minimum absolute atomic E-state index is 0.0256. The van der Waals surface area contributed by atoms with E-state index in [0.29, 0.717) is 12.4 Å². The van der Waals surface area contributed by atoms with Gasteiger partial charge in [-0.2, -0.15) is 5.26 Å². The lowest BCUT2D eigenvalue weighted by atomic mass is 10.2. The molecule has 2 heterocycles. The molecule has 122 valence electrons. The first kappa shape index (κ1) is 15.8. The van der Waals surface area contributed by atoms with Crippen LogP contribution in [0.4, 0.5) is 0 Å². The summed E-state index contributed by atoms with van der Waals surface area (Å²) in [5, 5.41) is 19.8. The minimum atomic E-state index is -0.0256. The summed E-state index contributed by atoms with van der Waals surface area (Å²) in [6, 6.07) is 13.3. The van der Waals surface area contributed by atoms with Crippen molar-refractivity contribution in [2.45, 2.75) is 13.5 Å². The third-order valence-corrected chi connectivity index (χ3v) is 3.67. The maximum Gasteiger partial charge on any atom is 0.152 e. The molecule has 0 aliphatic heterocycles. The molecule has 0 amide bonds. The van der Waals surface area contributed by atoms with Gasteiger partial charge in [-0.1, -0.05) is 12.1 Å². The Hall–Kier alpha value is -3.04. The number of para-hydroxylation sites is 2. The first-order valence-corrected chi connectivity index (χ1v) is 7.58. The molecule has 0 spiro atoms. The average Bonchev–Trinajstić information content (AvgIpc) is 3.13. The minimum Gasteiger partial charge on any atom is -0.509 e. The van der Waals surface area contributed by atoms with Crippen molar-refractivity contribution in [3.05, 3.63) is 59.5 Å². The number of aliphatic hydroxyl groups excluding tert-OH is 1. The van der Waals surface area contributed by atoms with Crippen molar-refractivity contribution in [3.8, 4) is 6.07 Å². The van der Waals surface area contributed by atoms with E-state index in [2.05, 4.69) is 9.97 Å². The molecule has 0 radical (unpaired) electrons. The second-order valence-electron chi connectivity index (χ2n) is 5.72. The number of rotatable bonds is 5. The summed E-state index contributed by atoms with van der Waals surface area (Å²) in [4.78, 5) is 9.30. The largest absolute Gasteiger partial charge is 0.509 e. The number of fused-ring (bicyclic) bond motifs is 1. The molecule has 6 nitrogen and oxygen atoms in total. The van der Waals surface area contributed by atoms with Crippen LogP contribution in [-0.2, 0) is 6.54 Å². The Kier molecular flexibility index (Phi) is 4.36. The SMILES string of the molecule is Cc1ccc(CN(C)C/C(O)=C(\C#N)c2nc3ccccc3[nH]2)o1. The molecular formula is C18H18N4O2. The molecule has 0 aliphatic carbocycles. The Balaban J connectivity index is 1.80. The Bertz CT molecular complexity index is 897. The fourth-order valence-corrected chi connectivity index (χ4v) is 2.55. The number of nitrogens with one attached hydrogen (secondary N) is 1. The van der Waals surface area contributed by atoms with E-state index in [1.165, 1.54) is 0 Å². The van der Waals surface area contributed by atoms with Gasteiger partial charge in [0.25, 0.3) is 0 Å². The number of nitrogens with zero attached hydrogens (tertiary/aromatic N) is 3. The van der Waals surface area contributed by atoms with E-state index >= 15 is 0 Å². The van der Waals surface area contributed by atoms with Crippen LogP contribution >= 0.6 is 0 Å². The van der Waals surface area contributed by atoms with E-state index in [-0.39, 0.29) is 17.9 Å². The van der Waals surface area contributed by atoms with Crippen molar-refractivity contribution in [1.82, 2.24) is 14.9 Å². The van der Waals surface area contributed by atoms with Gasteiger partial charge in [0.05, 0.1) is 24.1 Å². The normalized spacial score (nSPS) is 12.4. The fourth-order valence-electron chi connectivity index (χ4n) is 2.55. The highest BCUT2D eigenvalue weighted by Gasteiger charge is 2.15. The van der Waals surface area contributed by atoms with Crippen LogP contribution in [0.2, 0.25) is 0 Å². The number of aliphatic hydroxyl groups is 1. The summed E-state index contributed by atoms with van der Waals surface area (Å²) >= 11 is 0. The summed E-state index contributed by atoms with van der Waals surface area (Å²) in [7, 11) is 1.85. The smallest absolute Gasteiger partial charge is 0.152 e. The van der Waals surface area contributed by atoms with Crippen molar-refractivity contribution in [3.63, 3.8) is 0 Å². The summed E-state index contributed by atoms with van der Waals surface area (Å²) in [5.74, 6) is 2.00. The van der Waals surface area contributed by atoms with E-state index in [0.717, 1.165) is 22.6 Å². The van der Waals surface area contributed by atoms with Crippen LogP contribution in [0.3, 0.4) is 0 Å². The number of likely N-dealkylation sites (N-methyl/N-ethyl adjacent to an activating group) is 1. The Labute approximate surface area is 139 Å². The molecule has 2 aromatic heterocycles. The van der Waals surface area contributed by atoms with Gasteiger partial charge in [0.15, 0.2) is 5.82 Å². The Morgan fingerprint density at radius 3 is 2.79 bits per heavy atom. The molecule has 0 aliphatic rings. The molecule has 6 heteroatoms. The third kappa shape index (κ3) is 3.31. The summed E-state index contributed by atoms with van der Waals surface area (Å²) in [6.45, 7) is 2.65. The number of hydrogen-bond donors (Lipinski definition) is 2. The standard InChI is InChI=1S/C18H18N4O2/c1-12-7-8-13(24-12)10-22(2)11-17(23)14(9-19)18-20-15-5-3-4-6-16(15)21-18/h3-8,23H,10-11H2,1-2H3,(H,20,21)/b17-14-. The van der Waals surface area contributed by atoms with Crippen molar-refractivity contribution in [2.24, 2.45) is 0 Å². The Morgan fingerprint density at radius 1 is 1.33 bits per heavy atom. The fraction of sp³-hybridized carbons (Fsp3) is 0.222. The second-order valence-corrected chi connectivity index (χ2v) is 5.72. The number of hydrogen-bond acceptors (Lipinski definition) is 5. The quantitative estimate of drug-likeness (QED) is 0.555. The van der Waals surface area contributed by atoms with Gasteiger partial charge in [-0.25, -0.2) is 4.98 Å². The molecule has 0 saturated carbocycles. The number of aryl methyl sites for hydroxylation is 1. The van der Waals surface area contributed by atoms with Crippen molar-refractivity contribution in [1.29, 1.82) is 5.26 Å². The number of allylic oxidation sites excluding steroid dienone is 1. The molecule has 0 unspecified atom stereocenters. The zero-order valence-electron chi connectivity index (χ0n) is 13.6. The van der Waals surface area contributed by atoms with Gasteiger partial charge in [0, 0.05) is 0 Å². The van der Waals surface area contributed by atoms with Gasteiger partial charge in [0.1, 0.15) is 28.9 Å². The van der Waals surface area contributed by atoms with Crippen LogP contribution in [0.15, 0.2) is 46.6 Å². The number of furan rings is 1. The molecule has 3 rings (SSSR count). The van der Waals surface area contributed by atoms with E-state index in [1.54, 1.807) is 0 Å². The highest BCUT2D eigenvalue weighted by Crippen LogP contribution is 2.19. The van der Waals surface area contributed by atoms with E-state index in [9.17, 15) is 10.4 Å². The van der Waals surface area contributed by atoms with Crippen molar-refractivity contribution >= 4 is 16.6 Å². The first-order chi connectivity index (χ1) is 11.6. The summed E-state index contributed by atoms with van der Waals surface area (Å²) < 4.78 is 5.52. The summed E-state index contributed by atoms with van der Waals surface area (Å²) in [6.07, 6.45) is 0. The van der Waals surface area contributed by atoms with E-state index < -0.39 is 0 Å². The second kappa shape index (κ2) is 6.60. The maximum absolute atomic E-state index is 10.4. The molecule has 0 atom stereocenters. The number of H-pyrrole nitrogens is 1. The molecule has 1 aromatic carbocycles. The van der Waals surface area contributed by atoms with Crippen molar-refractivity contribution < 1.29 is 9.52 Å². The van der Waals surface area contributed by atoms with Gasteiger partial charge in [0.2, 0.25) is 0 Å². The highest BCUT2D eigenvalue weighted by molar-refractivity contribution is 5.82. The van der Waals surface area contributed by atoms with Gasteiger partial charge in [-0.3, -0.25) is 4.90 Å². The van der Waals surface area contributed by atoms with E-state index in [4.69, 9.17) is 4.42 Å². The molecular weight excluding hydrogens is 304 g/mol. The molecule has 0 bridgehead atoms. The van der Waals surface area contributed by atoms with Crippen molar-refractivity contribution in [2.75, 3.05) is 13.6 Å². The lowest BCUT2D eigenvalue weighted by Crippen LogP contribution is -2.21. The molecule has 2 N–H and O–H groups in total. The van der Waals surface area contributed by atoms with Crippen LogP contribution in [0.1, 0.15) is 17.3 Å². The summed E-state index contributed by atoms with van der Waals surface area (Å²) in [5.41, 5.74) is 1.73. The number of nitriles is 1. The Morgan fingerprint density at radius 2 is 2.12 bits per heavy atom. The number of aromatic nitrogens is 2. The highest BCUT2D eigenvalue weighted by atomic mass is 16.3. The zero-order chi connectivity index (χ0) is 17.1. The lowest BCUT2D eigenvalue weighted by Gasteiger charge is -2.15. The van der Waals surface area contributed by atoms with Crippen LogP contribution in [0.5, 0.6) is 0 Å². The average molecular weight is 322 g/mol. The zero-order valence-corrected chi connectivity index (χ0v) is 13.6. The van der Waals surface area contributed by atoms with Gasteiger partial charge in [-0.05, 0) is 38.2 Å². The van der Waals surface area contributed by atoms with Crippen LogP contribution in [0, 0.1) is 18.3 Å². The molecule has 0 saturated heterocycles. The first-order valence-electron chi connectivity index (χ1n) is 7.58. The van der Waals surface area contributed by atoms with Gasteiger partial charge in [-0.15, -0.1) is 0 Å². The van der Waals surface area contributed by atoms with E-state index in [1.807, 2.05) is 61.3 Å². The van der Waals surface area contributed by atoms with Crippen LogP contribution in [-0.4, -0.2) is 33.6 Å². The molecule has 24 heavy (non-hydrogen) atoms. The number of imidazole rings is 1. The van der Waals surface area contributed by atoms with Crippen LogP contribution in [0.25, 0.3) is 16.6 Å². The monoisotopic (exact) mass is 322 g/mol. The number of aromatic amines is 1. The third-order valence-electron chi connectivity index (χ3n) is 3.67. The molecule has 0 fully saturated rings. The van der Waals surface area contributed by atoms with Crippen LogP contribution < -0.4 is 0 Å². The predicted molar refractivity (Wildman–Crippen MR) is 91.0 cm³/mol. The topological polar surface area (TPSA) is 89.1 Å². The van der Waals surface area contributed by atoms with Gasteiger partial charge >= 0.3 is 0 Å². The van der Waals surface area contributed by atoms with Gasteiger partial charge < -0.3 is 14.5 Å². The maximum atomic E-state index is 10.4. The predicted octanol–water partition coefficient (Wildman–Crippen LogP) is 3.39.